The summed E-state index contributed by atoms with van der Waals surface area (Å²) in [5, 5.41) is 19.5. The zero-order valence-corrected chi connectivity index (χ0v) is 44.9. The van der Waals surface area contributed by atoms with Gasteiger partial charge >= 0.3 is 25.7 Å². The molecule has 0 saturated carbocycles. The number of rotatable bonds is 46. The fourth-order valence-electron chi connectivity index (χ4n) is 6.46. The molecule has 0 amide bonds. The number of phosphoric acid groups is 1. The average Bonchev–Trinajstić information content (AvgIpc) is 3.29. The molecule has 0 aliphatic carbocycles. The number of carbonyl (C=O) groups excluding carboxylic acids is 2. The molecule has 0 spiro atoms. The molecule has 396 valence electrons. The standard InChI is InChI=1S/C54H93N2O11PS/c1-6-8-10-12-14-16-18-20-21-22-23-24-25-26-27-29-31-33-35-37-42-53(60)67-48(46-66-68(62,63)65-44-43-56(3,4)5)45-64-54(61)49(55)47-69-51(50(57)39-38-41-52(58)59)40-36-34-32-30-28-19-17-15-13-11-9-7-2/h15-18,21-22,24-25,28,30,32,34,36,40,48-51,57H,6-14,19-20,23,26-27,29,31,33,35,37-39,41-47,55H2,1-5H3,(H-,58,59,62,63)/p+1/b17-15-,18-16-,22-21-,25-24-,30-28-,34-32+,40-36+/t48-,49+,50+,51-/m1/s1. The average molecular weight is 1010 g/mol. The molecule has 0 rings (SSSR count). The summed E-state index contributed by atoms with van der Waals surface area (Å²) in [5.41, 5.74) is 6.22. The second-order valence-corrected chi connectivity index (χ2v) is 21.1. The first-order valence-corrected chi connectivity index (χ1v) is 28.3. The van der Waals surface area contributed by atoms with E-state index in [1.807, 2.05) is 45.4 Å². The number of allylic oxidation sites excluding steroid dienone is 13. The van der Waals surface area contributed by atoms with Gasteiger partial charge in [0.05, 0.1) is 33.9 Å². The fourth-order valence-corrected chi connectivity index (χ4v) is 8.33. The summed E-state index contributed by atoms with van der Waals surface area (Å²) in [4.78, 5) is 47.4. The van der Waals surface area contributed by atoms with Crippen molar-refractivity contribution < 1.29 is 57.1 Å². The van der Waals surface area contributed by atoms with Crippen LogP contribution in [-0.4, -0.2) is 114 Å². The Hall–Kier alpha value is -3.07. The number of carboxylic acid groups (broad SMARTS) is 1. The maximum absolute atomic E-state index is 13.1. The minimum atomic E-state index is -4.52. The highest BCUT2D eigenvalue weighted by molar-refractivity contribution is 8.00. The van der Waals surface area contributed by atoms with E-state index >= 15 is 0 Å². The first-order valence-electron chi connectivity index (χ1n) is 25.8. The largest absolute Gasteiger partial charge is 0.481 e. The lowest BCUT2D eigenvalue weighted by Crippen LogP contribution is -2.39. The molecule has 0 saturated heterocycles. The van der Waals surface area contributed by atoms with E-state index in [-0.39, 0.29) is 38.0 Å². The predicted octanol–water partition coefficient (Wildman–Crippen LogP) is 12.1. The molecular formula is C54H94N2O11PS+. The normalized spacial score (nSPS) is 15.4. The topological polar surface area (TPSA) is 192 Å². The molecule has 1 unspecified atom stereocenters. The van der Waals surface area contributed by atoms with Crippen molar-refractivity contribution in [2.24, 2.45) is 5.73 Å². The van der Waals surface area contributed by atoms with Gasteiger partial charge in [0.15, 0.2) is 6.10 Å². The van der Waals surface area contributed by atoms with Crippen molar-refractivity contribution in [3.05, 3.63) is 85.1 Å². The third-order valence-electron chi connectivity index (χ3n) is 10.6. The summed E-state index contributed by atoms with van der Waals surface area (Å²) in [6.07, 6.45) is 48.1. The molecule has 0 aromatic carbocycles. The van der Waals surface area contributed by atoms with E-state index in [0.717, 1.165) is 64.2 Å². The minimum absolute atomic E-state index is 0.0515. The Morgan fingerprint density at radius 1 is 0.667 bits per heavy atom. The van der Waals surface area contributed by atoms with Crippen LogP contribution < -0.4 is 5.73 Å². The van der Waals surface area contributed by atoms with Crippen LogP contribution in [0.25, 0.3) is 0 Å². The van der Waals surface area contributed by atoms with E-state index in [0.29, 0.717) is 17.4 Å². The van der Waals surface area contributed by atoms with Gasteiger partial charge in [-0.15, -0.1) is 11.8 Å². The van der Waals surface area contributed by atoms with Gasteiger partial charge in [0.25, 0.3) is 0 Å². The first-order chi connectivity index (χ1) is 33.1. The number of quaternary nitrogens is 1. The molecule has 69 heavy (non-hydrogen) atoms. The summed E-state index contributed by atoms with van der Waals surface area (Å²) in [6.45, 7) is 3.77. The van der Waals surface area contributed by atoms with E-state index < -0.39 is 62.4 Å². The molecule has 0 fully saturated rings. The predicted molar refractivity (Wildman–Crippen MR) is 285 cm³/mol. The summed E-state index contributed by atoms with van der Waals surface area (Å²) >= 11 is 1.23. The van der Waals surface area contributed by atoms with Gasteiger partial charge in [0, 0.05) is 23.8 Å². The Balaban J connectivity index is 5.12. The third-order valence-corrected chi connectivity index (χ3v) is 13.0. The van der Waals surface area contributed by atoms with E-state index in [1.54, 1.807) is 12.2 Å². The highest BCUT2D eigenvalue weighted by Crippen LogP contribution is 2.43. The number of aliphatic carboxylic acids is 1. The minimum Gasteiger partial charge on any atom is -0.481 e. The van der Waals surface area contributed by atoms with Crippen molar-refractivity contribution >= 4 is 37.5 Å². The maximum Gasteiger partial charge on any atom is 0.472 e. The highest BCUT2D eigenvalue weighted by Gasteiger charge is 2.28. The number of thioether (sulfide) groups is 1. The van der Waals surface area contributed by atoms with Crippen LogP contribution in [0.5, 0.6) is 0 Å². The summed E-state index contributed by atoms with van der Waals surface area (Å²) in [7, 11) is 1.20. The lowest BCUT2D eigenvalue weighted by atomic mass is 10.1. The number of esters is 2. The van der Waals surface area contributed by atoms with Gasteiger partial charge in [-0.2, -0.15) is 0 Å². The van der Waals surface area contributed by atoms with E-state index in [9.17, 15) is 28.9 Å². The molecule has 13 nitrogen and oxygen atoms in total. The Kier molecular flexibility index (Phi) is 42.8. The van der Waals surface area contributed by atoms with Gasteiger partial charge in [-0.05, 0) is 77.0 Å². The number of nitrogens with zero attached hydrogens (tertiary/aromatic N) is 1. The lowest BCUT2D eigenvalue weighted by molar-refractivity contribution is -0.870. The van der Waals surface area contributed by atoms with Crippen molar-refractivity contribution in [2.75, 3.05) is 53.3 Å². The molecule has 0 aliphatic heterocycles. The number of aliphatic hydroxyl groups is 1. The van der Waals surface area contributed by atoms with Crippen molar-refractivity contribution in [3.8, 4) is 0 Å². The zero-order valence-electron chi connectivity index (χ0n) is 43.2. The Labute approximate surface area is 422 Å². The van der Waals surface area contributed by atoms with Gasteiger partial charge in [-0.25, -0.2) is 4.57 Å². The maximum atomic E-state index is 13.1. The summed E-state index contributed by atoms with van der Waals surface area (Å²) in [5.74, 6) is -2.26. The van der Waals surface area contributed by atoms with Crippen molar-refractivity contribution in [1.82, 2.24) is 0 Å². The third kappa shape index (κ3) is 45.8. The first kappa shape index (κ1) is 65.9. The molecule has 0 radical (unpaired) electrons. The second-order valence-electron chi connectivity index (χ2n) is 18.4. The number of hydrogen-bond acceptors (Lipinski definition) is 11. The number of hydrogen-bond donors (Lipinski definition) is 4. The zero-order chi connectivity index (χ0) is 51.3. The molecule has 5 N–H and O–H groups in total. The van der Waals surface area contributed by atoms with Crippen LogP contribution in [0.3, 0.4) is 0 Å². The van der Waals surface area contributed by atoms with Crippen LogP contribution in [0, 0.1) is 0 Å². The van der Waals surface area contributed by atoms with Gasteiger partial charge in [0.1, 0.15) is 25.8 Å². The lowest BCUT2D eigenvalue weighted by Gasteiger charge is -2.24. The number of carboxylic acids is 1. The quantitative estimate of drug-likeness (QED) is 0.0113. The van der Waals surface area contributed by atoms with E-state index in [1.165, 1.54) is 63.1 Å². The molecule has 0 aromatic heterocycles. The number of unbranched alkanes of at least 4 members (excludes halogenated alkanes) is 13. The van der Waals surface area contributed by atoms with Crippen LogP contribution >= 0.6 is 19.6 Å². The van der Waals surface area contributed by atoms with Crippen LogP contribution in [0.4, 0.5) is 0 Å². The van der Waals surface area contributed by atoms with Crippen LogP contribution in [0.1, 0.15) is 162 Å². The van der Waals surface area contributed by atoms with Gasteiger partial charge < -0.3 is 34.8 Å². The number of ether oxygens (including phenoxy) is 2. The summed E-state index contributed by atoms with van der Waals surface area (Å²) in [6, 6.07) is -1.13. The highest BCUT2D eigenvalue weighted by atomic mass is 32.2. The van der Waals surface area contributed by atoms with Crippen molar-refractivity contribution in [2.45, 2.75) is 185 Å². The van der Waals surface area contributed by atoms with Crippen LogP contribution in [0.2, 0.25) is 0 Å². The number of aliphatic hydroxyl groups excluding tert-OH is 1. The van der Waals surface area contributed by atoms with Crippen LogP contribution in [0.15, 0.2) is 85.1 Å². The second kappa shape index (κ2) is 44.8. The molecule has 5 atom stereocenters. The smallest absolute Gasteiger partial charge is 0.472 e. The molecular weight excluding hydrogens is 916 g/mol. The van der Waals surface area contributed by atoms with Gasteiger partial charge in [-0.3, -0.25) is 23.4 Å². The van der Waals surface area contributed by atoms with E-state index in [2.05, 4.69) is 62.5 Å². The number of nitrogens with two attached hydrogens (primary N) is 1. The molecule has 0 aromatic rings. The van der Waals surface area contributed by atoms with E-state index in [4.69, 9.17) is 29.4 Å². The Morgan fingerprint density at radius 2 is 1.20 bits per heavy atom. The van der Waals surface area contributed by atoms with Gasteiger partial charge in [-0.1, -0.05) is 157 Å². The fraction of sp³-hybridized carbons (Fsp3) is 0.685. The molecule has 0 heterocycles. The monoisotopic (exact) mass is 1010 g/mol. The van der Waals surface area contributed by atoms with Gasteiger partial charge in [0.2, 0.25) is 0 Å². The number of carbonyl (C=O) groups is 3. The number of likely N-dealkylation sites (N-methyl/N-ethyl adjacent to an activating group) is 1. The SMILES string of the molecule is CCCCC/C=C\C\C=C/C=C/C=C/[C@@H](SC[C@H](N)C(=O)OC[C@H](COP(=O)(O)OCC[N+](C)(C)C)OC(=O)CCCCCCCC/C=C\C/C=C\C/C=C\CCCCCC)[C@@H](O)CCCC(=O)O. The number of phosphoric ester groups is 1. The Morgan fingerprint density at radius 3 is 1.81 bits per heavy atom. The van der Waals surface area contributed by atoms with Crippen molar-refractivity contribution in [3.63, 3.8) is 0 Å². The molecule has 15 heteroatoms. The van der Waals surface area contributed by atoms with Crippen LogP contribution in [-0.2, 0) is 37.5 Å². The van der Waals surface area contributed by atoms with Crippen molar-refractivity contribution in [1.29, 1.82) is 0 Å². The molecule has 0 bridgehead atoms. The Bertz CT molecular complexity index is 1570. The molecule has 0 aliphatic rings. The summed E-state index contributed by atoms with van der Waals surface area (Å²) < 4.78 is 34.5.